The molecule has 0 aliphatic heterocycles. The average molecular weight is 454 g/mol. The Hall–Kier alpha value is -0.310. The molecule has 0 N–H and O–H groups in total. The van der Waals surface area contributed by atoms with E-state index >= 15 is 0 Å². The van der Waals surface area contributed by atoms with Crippen molar-refractivity contribution in [3.05, 3.63) is 73.4 Å². The zero-order chi connectivity index (χ0) is 13.4. The second-order valence-corrected chi connectivity index (χ2v) is 35.2. The molecule has 3 heteroatoms. The van der Waals surface area contributed by atoms with Crippen LogP contribution in [-0.4, -0.2) is 0 Å². The maximum absolute atomic E-state index is 7.40. The fourth-order valence-corrected chi connectivity index (χ4v) is 23.6. The quantitative estimate of drug-likeness (QED) is 0.498. The van der Waals surface area contributed by atoms with E-state index in [4.69, 9.17) is 18.0 Å². The molecule has 0 unspecified atom stereocenters. The number of hydrogen-bond acceptors (Lipinski definition) is 1. The molecule has 1 aromatic rings. The van der Waals surface area contributed by atoms with Crippen LogP contribution in [0, 0.1) is 0 Å². The van der Waals surface area contributed by atoms with E-state index in [0.717, 1.165) is 12.8 Å². The fourth-order valence-electron chi connectivity index (χ4n) is 2.89. The van der Waals surface area contributed by atoms with E-state index in [1.54, 1.807) is 0 Å². The van der Waals surface area contributed by atoms with Gasteiger partial charge in [0.1, 0.15) is 0 Å². The maximum atomic E-state index is 7.40. The summed E-state index contributed by atoms with van der Waals surface area (Å²) in [6.45, 7) is 0. The molecule has 0 aromatic heterocycles. The van der Waals surface area contributed by atoms with Crippen LogP contribution in [0.3, 0.4) is 0 Å². The zero-order valence-corrected chi connectivity index (χ0v) is 15.8. The Balaban J connectivity index is 2.21. The standard InChI is InChI=1S/C6H5.2C5H5.ClH.Hf.H2S/c1-2-4-6-5-3-1;2*1-2-4-5-3-1;;;/h1-5H;2*1-3H,4H2;1H;;1H2/q;;;;+2;/p-2. The Kier molecular flexibility index (Phi) is 3.53. The first kappa shape index (κ1) is 13.7. The molecule has 1 aromatic carbocycles. The van der Waals surface area contributed by atoms with E-state index < -0.39 is 15.9 Å². The molecule has 2 aliphatic rings. The predicted octanol–water partition coefficient (Wildman–Crippen LogP) is 4.69. The summed E-state index contributed by atoms with van der Waals surface area (Å²) < 4.78 is 3.90. The van der Waals surface area contributed by atoms with Crippen molar-refractivity contribution in [2.24, 2.45) is 0 Å². The van der Waals surface area contributed by atoms with E-state index in [2.05, 4.69) is 60.7 Å². The summed E-state index contributed by atoms with van der Waals surface area (Å²) in [6.07, 6.45) is 14.8. The van der Waals surface area contributed by atoms with Gasteiger partial charge in [-0.1, -0.05) is 0 Å². The van der Waals surface area contributed by atoms with Crippen molar-refractivity contribution < 1.29 is 15.9 Å². The summed E-state index contributed by atoms with van der Waals surface area (Å²) >= 11 is -4.17. The zero-order valence-electron chi connectivity index (χ0n) is 10.6. The van der Waals surface area contributed by atoms with E-state index in [1.807, 2.05) is 6.07 Å². The van der Waals surface area contributed by atoms with Crippen LogP contribution in [0.4, 0.5) is 0 Å². The molecule has 3 rings (SSSR count). The molecule has 0 saturated heterocycles. The third-order valence-electron chi connectivity index (χ3n) is 4.02. The minimum absolute atomic E-state index is 0.939. The molecule has 19 heavy (non-hydrogen) atoms. The van der Waals surface area contributed by atoms with Crippen molar-refractivity contribution in [2.45, 2.75) is 12.8 Å². The Morgan fingerprint density at radius 2 is 1.42 bits per heavy atom. The van der Waals surface area contributed by atoms with Gasteiger partial charge < -0.3 is 0 Å². The molecule has 0 saturated carbocycles. The van der Waals surface area contributed by atoms with Crippen LogP contribution in [-0.2, 0) is 15.9 Å². The van der Waals surface area contributed by atoms with E-state index in [1.165, 1.54) is 9.98 Å². The Bertz CT molecular complexity index is 589. The van der Waals surface area contributed by atoms with Gasteiger partial charge in [-0.3, -0.25) is 0 Å². The number of thiol groups is 1. The SMILES string of the molecule is [SH][Hf]([Cl])([C]1=CC=CC1)([C]1=CC=CC1)[c]1ccccc1. The summed E-state index contributed by atoms with van der Waals surface area (Å²) in [5.74, 6) is 0. The number of benzene rings is 1. The van der Waals surface area contributed by atoms with Gasteiger partial charge in [-0.15, -0.1) is 0 Å². The van der Waals surface area contributed by atoms with Gasteiger partial charge in [0.25, 0.3) is 0 Å². The van der Waals surface area contributed by atoms with E-state index in [-0.39, 0.29) is 0 Å². The molecule has 0 fully saturated rings. The number of allylic oxidation sites excluding steroid dienone is 8. The van der Waals surface area contributed by atoms with Crippen molar-refractivity contribution in [3.63, 3.8) is 0 Å². The Morgan fingerprint density at radius 1 is 0.895 bits per heavy atom. The average Bonchev–Trinajstić information content (AvgIpc) is 3.14. The van der Waals surface area contributed by atoms with Gasteiger partial charge in [-0.25, -0.2) is 0 Å². The van der Waals surface area contributed by atoms with Crippen LogP contribution in [0.2, 0.25) is 0 Å². The monoisotopic (exact) mass is 455 g/mol. The Morgan fingerprint density at radius 3 is 1.84 bits per heavy atom. The van der Waals surface area contributed by atoms with Crippen LogP contribution in [0.5, 0.6) is 0 Å². The number of halogens is 1. The minimum atomic E-state index is -4.17. The van der Waals surface area contributed by atoms with Crippen molar-refractivity contribution in [3.8, 4) is 0 Å². The Labute approximate surface area is 122 Å². The summed E-state index contributed by atoms with van der Waals surface area (Å²) in [6, 6.07) is 10.5. The third kappa shape index (κ3) is 2.09. The van der Waals surface area contributed by atoms with Gasteiger partial charge in [0.05, 0.1) is 0 Å². The van der Waals surface area contributed by atoms with Crippen LogP contribution >= 0.6 is 18.0 Å². The molecule has 97 valence electrons. The molecular formula is C16H16ClHfS. The molecule has 0 nitrogen and oxygen atoms in total. The molecular weight excluding hydrogens is 438 g/mol. The topological polar surface area (TPSA) is 0 Å². The molecule has 0 spiro atoms. The molecule has 2 aliphatic carbocycles. The van der Waals surface area contributed by atoms with E-state index in [0.29, 0.717) is 0 Å². The van der Waals surface area contributed by atoms with Gasteiger partial charge in [0, 0.05) is 0 Å². The van der Waals surface area contributed by atoms with Crippen LogP contribution < -0.4 is 3.32 Å². The normalized spacial score (nSPS) is 20.0. The summed E-state index contributed by atoms with van der Waals surface area (Å²) in [5, 5.41) is 0. The van der Waals surface area contributed by atoms with Gasteiger partial charge in [0.2, 0.25) is 0 Å². The first-order valence-corrected chi connectivity index (χ1v) is 21.6. The van der Waals surface area contributed by atoms with Crippen LogP contribution in [0.15, 0.2) is 73.4 Å². The molecule has 0 heterocycles. The van der Waals surface area contributed by atoms with Crippen LogP contribution in [0.25, 0.3) is 0 Å². The van der Waals surface area contributed by atoms with Crippen molar-refractivity contribution in [2.75, 3.05) is 0 Å². The van der Waals surface area contributed by atoms with Gasteiger partial charge >= 0.3 is 124 Å². The fraction of sp³-hybridized carbons (Fsp3) is 0.125. The summed E-state index contributed by atoms with van der Waals surface area (Å²) in [5.41, 5.74) is 0. The summed E-state index contributed by atoms with van der Waals surface area (Å²) in [4.78, 5) is 0. The van der Waals surface area contributed by atoms with Gasteiger partial charge in [-0.2, -0.15) is 0 Å². The van der Waals surface area contributed by atoms with Gasteiger partial charge in [-0.05, 0) is 0 Å². The van der Waals surface area contributed by atoms with E-state index in [9.17, 15) is 0 Å². The third-order valence-corrected chi connectivity index (χ3v) is 32.7. The predicted molar refractivity (Wildman–Crippen MR) is 84.6 cm³/mol. The first-order valence-electron chi connectivity index (χ1n) is 6.51. The number of rotatable bonds is 3. The molecule has 0 radical (unpaired) electrons. The molecule has 0 bridgehead atoms. The van der Waals surface area contributed by atoms with Crippen LogP contribution in [0.1, 0.15) is 12.8 Å². The van der Waals surface area contributed by atoms with Crippen molar-refractivity contribution in [1.82, 2.24) is 0 Å². The molecule has 0 amide bonds. The number of hydrogen-bond donors (Lipinski definition) is 1. The van der Waals surface area contributed by atoms with Gasteiger partial charge in [0.15, 0.2) is 0 Å². The summed E-state index contributed by atoms with van der Waals surface area (Å²) in [7, 11) is 12.6. The molecule has 0 atom stereocenters. The second kappa shape index (κ2) is 4.91. The van der Waals surface area contributed by atoms with Crippen molar-refractivity contribution >= 4 is 21.3 Å². The van der Waals surface area contributed by atoms with Crippen molar-refractivity contribution in [1.29, 1.82) is 0 Å². The second-order valence-electron chi connectivity index (χ2n) is 5.09. The first-order chi connectivity index (χ1) is 9.12.